The van der Waals surface area contributed by atoms with E-state index in [0.717, 1.165) is 5.56 Å². The third-order valence-corrected chi connectivity index (χ3v) is 6.61. The first kappa shape index (κ1) is 25.1. The Morgan fingerprint density at radius 3 is 2.51 bits per heavy atom. The first-order valence-corrected chi connectivity index (χ1v) is 12.1. The van der Waals surface area contributed by atoms with Crippen molar-refractivity contribution in [2.75, 3.05) is 46.6 Å². The predicted octanol–water partition coefficient (Wildman–Crippen LogP) is 3.28. The van der Waals surface area contributed by atoms with Crippen molar-refractivity contribution in [3.8, 4) is 5.75 Å². The fourth-order valence-corrected chi connectivity index (χ4v) is 4.58. The average molecular weight is 485 g/mol. The summed E-state index contributed by atoms with van der Waals surface area (Å²) in [6.07, 6.45) is 1.47. The van der Waals surface area contributed by atoms with Gasteiger partial charge in [-0.2, -0.15) is 0 Å². The van der Waals surface area contributed by atoms with Gasteiger partial charge < -0.3 is 24.0 Å². The lowest BCUT2D eigenvalue weighted by atomic mass is 9.93. The van der Waals surface area contributed by atoms with Crippen LogP contribution in [0.15, 0.2) is 54.6 Å². The largest absolute Gasteiger partial charge is 0.490 e. The molecule has 2 aromatic rings. The number of nitrogens with zero attached hydrogens (tertiary/aromatic N) is 2. The minimum absolute atomic E-state index is 0.0646. The summed E-state index contributed by atoms with van der Waals surface area (Å²) in [6.45, 7) is 2.76. The standard InChI is InChI=1S/C27H33FN2O5/c1-29(18-21-5-3-2-4-6-21)25(31)17-27(20-34-24-9-7-23(28)8-10-24)19-30(13-16-35-27)26(32)22-11-14-33-15-12-22/h2-10,22H,11-20H2,1H3/t27-/m0/s1. The normalized spacial score (nSPS) is 20.9. The number of halogens is 1. The molecule has 0 saturated carbocycles. The maximum absolute atomic E-state index is 13.3. The van der Waals surface area contributed by atoms with E-state index in [1.165, 1.54) is 12.1 Å². The molecule has 4 rings (SSSR count). The van der Waals surface area contributed by atoms with Gasteiger partial charge in [0.1, 0.15) is 23.8 Å². The van der Waals surface area contributed by atoms with Crippen LogP contribution in [-0.2, 0) is 25.6 Å². The van der Waals surface area contributed by atoms with E-state index in [-0.39, 0.29) is 43.1 Å². The van der Waals surface area contributed by atoms with Gasteiger partial charge in [0.25, 0.3) is 0 Å². The van der Waals surface area contributed by atoms with Crippen molar-refractivity contribution in [3.63, 3.8) is 0 Å². The van der Waals surface area contributed by atoms with Crippen molar-refractivity contribution in [1.29, 1.82) is 0 Å². The van der Waals surface area contributed by atoms with Gasteiger partial charge in [-0.3, -0.25) is 9.59 Å². The van der Waals surface area contributed by atoms with Crippen LogP contribution in [0.3, 0.4) is 0 Å². The molecule has 2 saturated heterocycles. The molecule has 8 heteroatoms. The van der Waals surface area contributed by atoms with Crippen molar-refractivity contribution < 1.29 is 28.2 Å². The van der Waals surface area contributed by atoms with Crippen LogP contribution >= 0.6 is 0 Å². The van der Waals surface area contributed by atoms with Crippen LogP contribution in [0.4, 0.5) is 4.39 Å². The number of amides is 2. The molecule has 0 unspecified atom stereocenters. The van der Waals surface area contributed by atoms with Gasteiger partial charge in [0, 0.05) is 39.3 Å². The van der Waals surface area contributed by atoms with E-state index in [1.54, 1.807) is 29.0 Å². The van der Waals surface area contributed by atoms with E-state index in [1.807, 2.05) is 30.3 Å². The molecule has 0 spiro atoms. The van der Waals surface area contributed by atoms with Crippen molar-refractivity contribution in [1.82, 2.24) is 9.80 Å². The molecule has 2 aliphatic rings. The Labute approximate surface area is 205 Å². The highest BCUT2D eigenvalue weighted by atomic mass is 19.1. The van der Waals surface area contributed by atoms with Crippen LogP contribution in [0.2, 0.25) is 0 Å². The first-order chi connectivity index (χ1) is 16.9. The van der Waals surface area contributed by atoms with E-state index in [2.05, 4.69) is 0 Å². The molecular formula is C27H33FN2O5. The van der Waals surface area contributed by atoms with Gasteiger partial charge in [0.2, 0.25) is 11.8 Å². The van der Waals surface area contributed by atoms with E-state index >= 15 is 0 Å². The molecule has 0 bridgehead atoms. The number of hydrogen-bond donors (Lipinski definition) is 0. The number of carbonyl (C=O) groups is 2. The molecule has 2 amide bonds. The van der Waals surface area contributed by atoms with E-state index in [4.69, 9.17) is 14.2 Å². The zero-order valence-corrected chi connectivity index (χ0v) is 20.2. The maximum Gasteiger partial charge on any atom is 0.226 e. The summed E-state index contributed by atoms with van der Waals surface area (Å²) in [6, 6.07) is 15.5. The summed E-state index contributed by atoms with van der Waals surface area (Å²) in [4.78, 5) is 30.0. The fourth-order valence-electron chi connectivity index (χ4n) is 4.58. The van der Waals surface area contributed by atoms with Gasteiger partial charge in [0.15, 0.2) is 0 Å². The monoisotopic (exact) mass is 484 g/mol. The molecule has 0 radical (unpaired) electrons. The second-order valence-electron chi connectivity index (χ2n) is 9.33. The Balaban J connectivity index is 1.48. The molecular weight excluding hydrogens is 451 g/mol. The van der Waals surface area contributed by atoms with Gasteiger partial charge in [-0.15, -0.1) is 0 Å². The first-order valence-electron chi connectivity index (χ1n) is 12.1. The molecule has 0 aromatic heterocycles. The molecule has 0 N–H and O–H groups in total. The van der Waals surface area contributed by atoms with Gasteiger partial charge in [-0.25, -0.2) is 4.39 Å². The number of carbonyl (C=O) groups excluding carboxylic acids is 2. The minimum Gasteiger partial charge on any atom is -0.490 e. The van der Waals surface area contributed by atoms with Crippen LogP contribution in [0.1, 0.15) is 24.8 Å². The van der Waals surface area contributed by atoms with Crippen LogP contribution in [0.25, 0.3) is 0 Å². The van der Waals surface area contributed by atoms with Gasteiger partial charge >= 0.3 is 0 Å². The highest BCUT2D eigenvalue weighted by molar-refractivity contribution is 5.80. The summed E-state index contributed by atoms with van der Waals surface area (Å²) < 4.78 is 30.9. The third kappa shape index (κ3) is 6.80. The molecule has 188 valence electrons. The Morgan fingerprint density at radius 1 is 1.09 bits per heavy atom. The summed E-state index contributed by atoms with van der Waals surface area (Å²) in [7, 11) is 1.76. The quantitative estimate of drug-likeness (QED) is 0.575. The van der Waals surface area contributed by atoms with Crippen molar-refractivity contribution in [2.24, 2.45) is 5.92 Å². The van der Waals surface area contributed by atoms with Crippen LogP contribution in [0.5, 0.6) is 5.75 Å². The highest BCUT2D eigenvalue weighted by Crippen LogP contribution is 2.28. The Bertz CT molecular complexity index is 981. The van der Waals surface area contributed by atoms with Gasteiger partial charge in [-0.05, 0) is 42.7 Å². The molecule has 0 aliphatic carbocycles. The topological polar surface area (TPSA) is 68.3 Å². The third-order valence-electron chi connectivity index (χ3n) is 6.61. The Hall–Kier alpha value is -2.97. The summed E-state index contributed by atoms with van der Waals surface area (Å²) in [5, 5.41) is 0. The second kappa shape index (κ2) is 11.6. The lowest BCUT2D eigenvalue weighted by Crippen LogP contribution is -2.59. The van der Waals surface area contributed by atoms with Crippen LogP contribution in [-0.4, -0.2) is 73.8 Å². The van der Waals surface area contributed by atoms with E-state index in [9.17, 15) is 14.0 Å². The van der Waals surface area contributed by atoms with Crippen LogP contribution < -0.4 is 4.74 Å². The fraction of sp³-hybridized carbons (Fsp3) is 0.481. The van der Waals surface area contributed by atoms with Gasteiger partial charge in [-0.1, -0.05) is 30.3 Å². The predicted molar refractivity (Wildman–Crippen MR) is 128 cm³/mol. The number of rotatable bonds is 8. The van der Waals surface area contributed by atoms with E-state index in [0.29, 0.717) is 51.5 Å². The summed E-state index contributed by atoms with van der Waals surface area (Å²) in [5.41, 5.74) is 0.0241. The van der Waals surface area contributed by atoms with Crippen molar-refractivity contribution >= 4 is 11.8 Å². The zero-order chi connectivity index (χ0) is 24.7. The molecule has 1 atom stereocenters. The average Bonchev–Trinajstić information content (AvgIpc) is 2.89. The Morgan fingerprint density at radius 2 is 1.80 bits per heavy atom. The van der Waals surface area contributed by atoms with Crippen LogP contribution in [0, 0.1) is 11.7 Å². The maximum atomic E-state index is 13.3. The highest BCUT2D eigenvalue weighted by Gasteiger charge is 2.43. The lowest BCUT2D eigenvalue weighted by molar-refractivity contribution is -0.169. The summed E-state index contributed by atoms with van der Waals surface area (Å²) in [5.74, 6) is 0.0260. The molecule has 35 heavy (non-hydrogen) atoms. The molecule has 2 fully saturated rings. The second-order valence-corrected chi connectivity index (χ2v) is 9.33. The Kier molecular flexibility index (Phi) is 8.36. The van der Waals surface area contributed by atoms with E-state index < -0.39 is 5.60 Å². The molecule has 2 heterocycles. The smallest absolute Gasteiger partial charge is 0.226 e. The SMILES string of the molecule is CN(Cc1ccccc1)C(=O)C[C@@]1(COc2ccc(F)cc2)CN(C(=O)C2CCOCC2)CCO1. The van der Waals surface area contributed by atoms with Gasteiger partial charge in [0.05, 0.1) is 19.6 Å². The molecule has 2 aliphatic heterocycles. The molecule has 2 aromatic carbocycles. The zero-order valence-electron chi connectivity index (χ0n) is 20.2. The number of ether oxygens (including phenoxy) is 3. The minimum atomic E-state index is -1.00. The summed E-state index contributed by atoms with van der Waals surface area (Å²) >= 11 is 0. The molecule has 7 nitrogen and oxygen atoms in total. The number of benzene rings is 2. The number of morpholine rings is 1. The number of hydrogen-bond acceptors (Lipinski definition) is 5. The van der Waals surface area contributed by atoms with Crippen molar-refractivity contribution in [3.05, 3.63) is 66.0 Å². The lowest BCUT2D eigenvalue weighted by Gasteiger charge is -2.43. The van der Waals surface area contributed by atoms with Crippen molar-refractivity contribution in [2.45, 2.75) is 31.4 Å².